The molecule has 1 heterocycles. The average molecular weight is 223 g/mol. The monoisotopic (exact) mass is 223 g/mol. The van der Waals surface area contributed by atoms with Crippen LogP contribution in [0, 0.1) is 6.92 Å². The summed E-state index contributed by atoms with van der Waals surface area (Å²) in [4.78, 5) is 0. The van der Waals surface area contributed by atoms with E-state index in [1.54, 1.807) is 0 Å². The summed E-state index contributed by atoms with van der Waals surface area (Å²) in [7, 11) is 1.81. The summed E-state index contributed by atoms with van der Waals surface area (Å²) < 4.78 is 11.1. The summed E-state index contributed by atoms with van der Waals surface area (Å²) in [6.07, 6.45) is -0.568. The zero-order chi connectivity index (χ0) is 11.5. The van der Waals surface area contributed by atoms with Crippen molar-refractivity contribution in [2.75, 3.05) is 26.8 Å². The van der Waals surface area contributed by atoms with E-state index in [-0.39, 0.29) is 0 Å². The summed E-state index contributed by atoms with van der Waals surface area (Å²) in [5.41, 5.74) is 1.85. The summed E-state index contributed by atoms with van der Waals surface area (Å²) >= 11 is 0. The van der Waals surface area contributed by atoms with Gasteiger partial charge in [0.15, 0.2) is 11.5 Å². The zero-order valence-electron chi connectivity index (χ0n) is 9.62. The topological polar surface area (TPSA) is 50.7 Å². The molecule has 0 aliphatic carbocycles. The Morgan fingerprint density at radius 3 is 2.88 bits per heavy atom. The number of likely N-dealkylation sites (N-methyl/N-ethyl adjacent to an activating group) is 1. The molecule has 1 aromatic carbocycles. The molecule has 0 fully saturated rings. The maximum absolute atomic E-state index is 10.1. The van der Waals surface area contributed by atoms with Crippen LogP contribution in [0.3, 0.4) is 0 Å². The number of aryl methyl sites for hydroxylation is 1. The lowest BCUT2D eigenvalue weighted by Crippen LogP contribution is -2.22. The third-order valence-corrected chi connectivity index (χ3v) is 2.70. The van der Waals surface area contributed by atoms with E-state index in [1.807, 2.05) is 26.1 Å². The number of hydrogen-bond donors (Lipinski definition) is 2. The van der Waals surface area contributed by atoms with Gasteiger partial charge in [0.25, 0.3) is 0 Å². The molecule has 1 aromatic rings. The van der Waals surface area contributed by atoms with E-state index in [0.717, 1.165) is 16.9 Å². The molecular weight excluding hydrogens is 206 g/mol. The predicted molar refractivity (Wildman–Crippen MR) is 61.1 cm³/mol. The Morgan fingerprint density at radius 1 is 1.38 bits per heavy atom. The standard InChI is InChI=1S/C12H17NO3/c1-8-3-4-10-12(16-6-5-15-10)11(8)9(14)7-13-2/h3-4,9,13-14H,5-7H2,1-2H3. The normalized spacial score (nSPS) is 15.9. The van der Waals surface area contributed by atoms with E-state index in [0.29, 0.717) is 25.5 Å². The van der Waals surface area contributed by atoms with Crippen LogP contribution in [0.25, 0.3) is 0 Å². The van der Waals surface area contributed by atoms with Gasteiger partial charge >= 0.3 is 0 Å². The lowest BCUT2D eigenvalue weighted by molar-refractivity contribution is 0.145. The second-order valence-corrected chi connectivity index (χ2v) is 3.89. The molecule has 2 N–H and O–H groups in total. The molecule has 1 atom stereocenters. The quantitative estimate of drug-likeness (QED) is 0.803. The molecule has 0 aromatic heterocycles. The maximum Gasteiger partial charge on any atom is 0.167 e. The van der Waals surface area contributed by atoms with Crippen LogP contribution in [0.15, 0.2) is 12.1 Å². The van der Waals surface area contributed by atoms with Gasteiger partial charge in [-0.25, -0.2) is 0 Å². The lowest BCUT2D eigenvalue weighted by Gasteiger charge is -2.24. The van der Waals surface area contributed by atoms with Gasteiger partial charge < -0.3 is 19.9 Å². The Labute approximate surface area is 95.2 Å². The molecule has 0 amide bonds. The van der Waals surface area contributed by atoms with E-state index in [9.17, 15) is 5.11 Å². The fourth-order valence-electron chi connectivity index (χ4n) is 1.95. The summed E-state index contributed by atoms with van der Waals surface area (Å²) in [5, 5.41) is 13.0. The van der Waals surface area contributed by atoms with Gasteiger partial charge in [-0.15, -0.1) is 0 Å². The molecular formula is C12H17NO3. The van der Waals surface area contributed by atoms with Crippen LogP contribution < -0.4 is 14.8 Å². The third-order valence-electron chi connectivity index (χ3n) is 2.70. The largest absolute Gasteiger partial charge is 0.486 e. The molecule has 1 aliphatic rings. The van der Waals surface area contributed by atoms with E-state index >= 15 is 0 Å². The van der Waals surface area contributed by atoms with E-state index < -0.39 is 6.10 Å². The first-order chi connectivity index (χ1) is 7.74. The molecule has 0 bridgehead atoms. The van der Waals surface area contributed by atoms with Crippen molar-refractivity contribution in [3.05, 3.63) is 23.3 Å². The van der Waals surface area contributed by atoms with Crippen molar-refractivity contribution < 1.29 is 14.6 Å². The average Bonchev–Trinajstić information content (AvgIpc) is 2.29. The molecule has 1 unspecified atom stereocenters. The number of aliphatic hydroxyl groups is 1. The van der Waals surface area contributed by atoms with Crippen LogP contribution in [-0.2, 0) is 0 Å². The van der Waals surface area contributed by atoms with Crippen molar-refractivity contribution in [1.82, 2.24) is 5.32 Å². The highest BCUT2D eigenvalue weighted by atomic mass is 16.6. The van der Waals surface area contributed by atoms with Gasteiger partial charge in [0, 0.05) is 12.1 Å². The number of aliphatic hydroxyl groups excluding tert-OH is 1. The summed E-state index contributed by atoms with van der Waals surface area (Å²) in [6, 6.07) is 3.83. The minimum Gasteiger partial charge on any atom is -0.486 e. The van der Waals surface area contributed by atoms with Gasteiger partial charge in [0.2, 0.25) is 0 Å². The highest BCUT2D eigenvalue weighted by Gasteiger charge is 2.22. The van der Waals surface area contributed by atoms with Crippen LogP contribution in [0.5, 0.6) is 11.5 Å². The number of hydrogen-bond acceptors (Lipinski definition) is 4. The number of benzene rings is 1. The second-order valence-electron chi connectivity index (χ2n) is 3.89. The number of nitrogens with one attached hydrogen (secondary N) is 1. The molecule has 2 rings (SSSR count). The van der Waals surface area contributed by atoms with Gasteiger partial charge in [0.05, 0.1) is 6.10 Å². The Bertz CT molecular complexity index is 379. The van der Waals surface area contributed by atoms with Crippen LogP contribution in [0.1, 0.15) is 17.2 Å². The van der Waals surface area contributed by atoms with Crippen molar-refractivity contribution in [3.63, 3.8) is 0 Å². The fourth-order valence-corrected chi connectivity index (χ4v) is 1.95. The minimum absolute atomic E-state index is 0.501. The minimum atomic E-state index is -0.568. The molecule has 4 heteroatoms. The number of ether oxygens (including phenoxy) is 2. The van der Waals surface area contributed by atoms with Crippen LogP contribution >= 0.6 is 0 Å². The van der Waals surface area contributed by atoms with Crippen molar-refractivity contribution in [3.8, 4) is 11.5 Å². The van der Waals surface area contributed by atoms with Crippen LogP contribution in [0.2, 0.25) is 0 Å². The van der Waals surface area contributed by atoms with E-state index in [1.165, 1.54) is 0 Å². The lowest BCUT2D eigenvalue weighted by atomic mass is 10.0. The number of rotatable bonds is 3. The molecule has 4 nitrogen and oxygen atoms in total. The zero-order valence-corrected chi connectivity index (χ0v) is 9.62. The Balaban J connectivity index is 2.41. The SMILES string of the molecule is CNCC(O)c1c(C)ccc2c1OCCO2. The van der Waals surface area contributed by atoms with Gasteiger partial charge in [-0.1, -0.05) is 6.07 Å². The van der Waals surface area contributed by atoms with Crippen molar-refractivity contribution in [2.45, 2.75) is 13.0 Å². The van der Waals surface area contributed by atoms with Crippen molar-refractivity contribution in [1.29, 1.82) is 0 Å². The first-order valence-corrected chi connectivity index (χ1v) is 5.45. The molecule has 88 valence electrons. The Hall–Kier alpha value is -1.26. The molecule has 0 spiro atoms. The molecule has 0 saturated carbocycles. The third kappa shape index (κ3) is 1.99. The Kier molecular flexibility index (Phi) is 3.31. The summed E-state index contributed by atoms with van der Waals surface area (Å²) in [6.45, 7) is 3.57. The van der Waals surface area contributed by atoms with E-state index in [4.69, 9.17) is 9.47 Å². The fraction of sp³-hybridized carbons (Fsp3) is 0.500. The molecule has 16 heavy (non-hydrogen) atoms. The van der Waals surface area contributed by atoms with E-state index in [2.05, 4.69) is 5.32 Å². The van der Waals surface area contributed by atoms with Crippen molar-refractivity contribution in [2.24, 2.45) is 0 Å². The first kappa shape index (κ1) is 11.2. The van der Waals surface area contributed by atoms with Gasteiger partial charge in [-0.3, -0.25) is 0 Å². The van der Waals surface area contributed by atoms with Gasteiger partial charge in [0.1, 0.15) is 13.2 Å². The van der Waals surface area contributed by atoms with Gasteiger partial charge in [-0.2, -0.15) is 0 Å². The second kappa shape index (κ2) is 4.72. The highest BCUT2D eigenvalue weighted by molar-refractivity contribution is 5.52. The number of fused-ring (bicyclic) bond motifs is 1. The van der Waals surface area contributed by atoms with Gasteiger partial charge in [-0.05, 0) is 25.6 Å². The summed E-state index contributed by atoms with van der Waals surface area (Å²) in [5.74, 6) is 1.41. The first-order valence-electron chi connectivity index (χ1n) is 5.45. The molecule has 0 saturated heterocycles. The van der Waals surface area contributed by atoms with Crippen LogP contribution in [0.4, 0.5) is 0 Å². The maximum atomic E-state index is 10.1. The Morgan fingerprint density at radius 2 is 2.12 bits per heavy atom. The van der Waals surface area contributed by atoms with Crippen LogP contribution in [-0.4, -0.2) is 31.9 Å². The van der Waals surface area contributed by atoms with Crippen molar-refractivity contribution >= 4 is 0 Å². The molecule has 0 radical (unpaired) electrons. The molecule has 1 aliphatic heterocycles. The smallest absolute Gasteiger partial charge is 0.167 e. The predicted octanol–water partition coefficient (Wildman–Crippen LogP) is 1.02. The highest BCUT2D eigenvalue weighted by Crippen LogP contribution is 2.38.